The van der Waals surface area contributed by atoms with Gasteiger partial charge in [-0.05, 0) is 43.5 Å². The van der Waals surface area contributed by atoms with Crippen LogP contribution in [0.1, 0.15) is 43.4 Å². The van der Waals surface area contributed by atoms with Crippen LogP contribution in [0.5, 0.6) is 0 Å². The van der Waals surface area contributed by atoms with E-state index in [1.54, 1.807) is 13.3 Å². The van der Waals surface area contributed by atoms with Crippen molar-refractivity contribution in [3.8, 4) is 17.2 Å². The largest absolute Gasteiger partial charge is 0.384 e. The minimum atomic E-state index is 0.0413. The van der Waals surface area contributed by atoms with Gasteiger partial charge in [0.1, 0.15) is 11.9 Å². The summed E-state index contributed by atoms with van der Waals surface area (Å²) in [4.78, 5) is 26.3. The highest BCUT2D eigenvalue weighted by molar-refractivity contribution is 5.95. The predicted molar refractivity (Wildman–Crippen MR) is 132 cm³/mol. The lowest BCUT2D eigenvalue weighted by Gasteiger charge is -2.41. The smallest absolute Gasteiger partial charge is 0.225 e. The van der Waals surface area contributed by atoms with E-state index in [0.717, 1.165) is 46.4 Å². The maximum absolute atomic E-state index is 12.5. The molecule has 1 saturated carbocycles. The molecule has 2 fully saturated rings. The molecule has 3 heterocycles. The molecule has 7 nitrogen and oxygen atoms in total. The van der Waals surface area contributed by atoms with Crippen LogP contribution in [0.3, 0.4) is 0 Å². The molecular weight excluding hydrogens is 426 g/mol. The summed E-state index contributed by atoms with van der Waals surface area (Å²) in [7, 11) is 1.61. The van der Waals surface area contributed by atoms with Gasteiger partial charge in [0.05, 0.1) is 29.8 Å². The van der Waals surface area contributed by atoms with Crippen molar-refractivity contribution in [3.05, 3.63) is 53.9 Å². The number of rotatable bonds is 6. The Kier molecular flexibility index (Phi) is 6.16. The van der Waals surface area contributed by atoms with Gasteiger partial charge in [-0.2, -0.15) is 5.26 Å². The first kappa shape index (κ1) is 22.3. The molecule has 1 aliphatic carbocycles. The van der Waals surface area contributed by atoms with Crippen molar-refractivity contribution < 1.29 is 9.53 Å². The van der Waals surface area contributed by atoms with Gasteiger partial charge in [-0.15, -0.1) is 0 Å². The minimum Gasteiger partial charge on any atom is -0.384 e. The number of nitrogens with zero attached hydrogens (tertiary/aromatic N) is 5. The Labute approximate surface area is 200 Å². The van der Waals surface area contributed by atoms with E-state index in [0.29, 0.717) is 44.1 Å². The molecule has 174 valence electrons. The molecule has 0 spiro atoms. The van der Waals surface area contributed by atoms with E-state index in [9.17, 15) is 10.1 Å². The average molecular weight is 456 g/mol. The van der Waals surface area contributed by atoms with Gasteiger partial charge in [-0.1, -0.05) is 18.2 Å². The third-order valence-corrected chi connectivity index (χ3v) is 6.82. The lowest BCUT2D eigenvalue weighted by molar-refractivity contribution is -0.134. The van der Waals surface area contributed by atoms with E-state index < -0.39 is 0 Å². The number of benzene rings is 1. The summed E-state index contributed by atoms with van der Waals surface area (Å²) < 4.78 is 5.07. The highest BCUT2D eigenvalue weighted by Crippen LogP contribution is 2.46. The number of methoxy groups -OCH3 is 1. The standard InChI is InChI=1S/C27H29N5O2/c1-18-17-31(12-13-32(18)25(33)10-14-34-2)27-20(16-28)15-23(26(30-27)19-8-9-19)21-5-3-7-24-22(21)6-4-11-29-24/h3-7,11,15,18-19H,8-10,12-14,17H2,1-2H3/t18-/m1/s1. The summed E-state index contributed by atoms with van der Waals surface area (Å²) >= 11 is 0. The van der Waals surface area contributed by atoms with E-state index in [4.69, 9.17) is 9.72 Å². The van der Waals surface area contributed by atoms with Gasteiger partial charge >= 0.3 is 0 Å². The summed E-state index contributed by atoms with van der Waals surface area (Å²) in [6.07, 6.45) is 4.43. The van der Waals surface area contributed by atoms with Crippen molar-refractivity contribution >= 4 is 22.6 Å². The highest BCUT2D eigenvalue weighted by atomic mass is 16.5. The Bertz CT molecular complexity index is 1260. The topological polar surface area (TPSA) is 82.3 Å². The van der Waals surface area contributed by atoms with Crippen LogP contribution in [0, 0.1) is 11.3 Å². The zero-order chi connectivity index (χ0) is 23.7. The van der Waals surface area contributed by atoms with Gasteiger partial charge in [0.15, 0.2) is 0 Å². The predicted octanol–water partition coefficient (Wildman–Crippen LogP) is 4.12. The van der Waals surface area contributed by atoms with Crippen molar-refractivity contribution in [3.63, 3.8) is 0 Å². The Morgan fingerprint density at radius 2 is 2.06 bits per heavy atom. The molecule has 2 aliphatic rings. The van der Waals surface area contributed by atoms with Crippen LogP contribution in [0.15, 0.2) is 42.6 Å². The van der Waals surface area contributed by atoms with Crippen LogP contribution in [-0.4, -0.2) is 60.2 Å². The van der Waals surface area contributed by atoms with Crippen LogP contribution in [-0.2, 0) is 9.53 Å². The number of aromatic nitrogens is 2. The summed E-state index contributed by atoms with van der Waals surface area (Å²) in [6, 6.07) is 14.6. The quantitative estimate of drug-likeness (QED) is 0.556. The number of nitriles is 1. The van der Waals surface area contributed by atoms with Crippen molar-refractivity contribution in [2.45, 2.75) is 38.1 Å². The number of ether oxygens (including phenoxy) is 1. The van der Waals surface area contributed by atoms with Crippen LogP contribution < -0.4 is 4.90 Å². The number of carbonyl (C=O) groups excluding carboxylic acids is 1. The number of piperazine rings is 1. The average Bonchev–Trinajstić information content (AvgIpc) is 3.71. The number of carbonyl (C=O) groups is 1. The fraction of sp³-hybridized carbons (Fsp3) is 0.407. The molecule has 0 bridgehead atoms. The highest BCUT2D eigenvalue weighted by Gasteiger charge is 2.33. The van der Waals surface area contributed by atoms with Crippen molar-refractivity contribution in [2.75, 3.05) is 38.3 Å². The molecule has 1 aliphatic heterocycles. The number of hydrogen-bond acceptors (Lipinski definition) is 6. The maximum atomic E-state index is 12.5. The number of hydrogen-bond donors (Lipinski definition) is 0. The van der Waals surface area contributed by atoms with E-state index in [1.165, 1.54) is 0 Å². The van der Waals surface area contributed by atoms with E-state index in [2.05, 4.69) is 35.0 Å². The zero-order valence-corrected chi connectivity index (χ0v) is 19.7. The second-order valence-electron chi connectivity index (χ2n) is 9.18. The van der Waals surface area contributed by atoms with Crippen LogP contribution >= 0.6 is 0 Å². The van der Waals surface area contributed by atoms with Crippen molar-refractivity contribution in [1.82, 2.24) is 14.9 Å². The van der Waals surface area contributed by atoms with Crippen molar-refractivity contribution in [1.29, 1.82) is 5.26 Å². The first-order valence-corrected chi connectivity index (χ1v) is 11.9. The summed E-state index contributed by atoms with van der Waals surface area (Å²) in [5.41, 5.74) is 4.68. The molecular formula is C27H29N5O2. The van der Waals surface area contributed by atoms with Gasteiger partial charge in [0.2, 0.25) is 5.91 Å². The fourth-order valence-corrected chi connectivity index (χ4v) is 4.92. The van der Waals surface area contributed by atoms with Crippen molar-refractivity contribution in [2.24, 2.45) is 0 Å². The molecule has 1 amide bonds. The monoisotopic (exact) mass is 455 g/mol. The molecule has 1 saturated heterocycles. The zero-order valence-electron chi connectivity index (χ0n) is 19.7. The Morgan fingerprint density at radius 1 is 1.21 bits per heavy atom. The Hall–Kier alpha value is -3.50. The maximum Gasteiger partial charge on any atom is 0.225 e. The third-order valence-electron chi connectivity index (χ3n) is 6.82. The molecule has 3 aromatic rings. The van der Waals surface area contributed by atoms with E-state index in [1.807, 2.05) is 29.2 Å². The SMILES string of the molecule is COCCC(=O)N1CCN(c2nc(C3CC3)c(-c3cccc4ncccc34)cc2C#N)C[C@H]1C. The molecule has 1 aromatic carbocycles. The Morgan fingerprint density at radius 3 is 2.79 bits per heavy atom. The lowest BCUT2D eigenvalue weighted by Crippen LogP contribution is -2.54. The van der Waals surface area contributed by atoms with E-state index >= 15 is 0 Å². The summed E-state index contributed by atoms with van der Waals surface area (Å²) in [6.45, 7) is 4.42. The van der Waals surface area contributed by atoms with Crippen LogP contribution in [0.4, 0.5) is 5.82 Å². The van der Waals surface area contributed by atoms with E-state index in [-0.39, 0.29) is 11.9 Å². The van der Waals surface area contributed by atoms with Crippen LogP contribution in [0.25, 0.3) is 22.0 Å². The molecule has 1 atom stereocenters. The van der Waals surface area contributed by atoms with Crippen LogP contribution in [0.2, 0.25) is 0 Å². The number of fused-ring (bicyclic) bond motifs is 1. The second-order valence-corrected chi connectivity index (χ2v) is 9.18. The number of pyridine rings is 2. The first-order valence-electron chi connectivity index (χ1n) is 11.9. The number of anilines is 1. The van der Waals surface area contributed by atoms with Gasteiger partial charge < -0.3 is 14.5 Å². The fourth-order valence-electron chi connectivity index (χ4n) is 4.92. The molecule has 0 N–H and O–H groups in total. The Balaban J connectivity index is 1.50. The molecule has 34 heavy (non-hydrogen) atoms. The normalized spacial score (nSPS) is 18.2. The van der Waals surface area contributed by atoms with Gasteiger partial charge in [-0.3, -0.25) is 9.78 Å². The molecule has 2 aromatic heterocycles. The molecule has 7 heteroatoms. The summed E-state index contributed by atoms with van der Waals surface area (Å²) in [5.74, 6) is 1.27. The second kappa shape index (κ2) is 9.40. The minimum absolute atomic E-state index is 0.0413. The molecule has 0 unspecified atom stereocenters. The summed E-state index contributed by atoms with van der Waals surface area (Å²) in [5, 5.41) is 11.1. The van der Waals surface area contributed by atoms with Gasteiger partial charge in [0, 0.05) is 55.9 Å². The van der Waals surface area contributed by atoms with Gasteiger partial charge in [-0.25, -0.2) is 4.98 Å². The first-order chi connectivity index (χ1) is 16.6. The lowest BCUT2D eigenvalue weighted by atomic mass is 9.95. The number of amides is 1. The van der Waals surface area contributed by atoms with Gasteiger partial charge in [0.25, 0.3) is 0 Å². The molecule has 5 rings (SSSR count). The third kappa shape index (κ3) is 4.22. The molecule has 0 radical (unpaired) electrons.